The van der Waals surface area contributed by atoms with Crippen LogP contribution in [0.5, 0.6) is 0 Å². The Morgan fingerprint density at radius 2 is 1.76 bits per heavy atom. The maximum absolute atomic E-state index is 12.8. The third-order valence-electron chi connectivity index (χ3n) is 6.41. The SMILES string of the molecule is O=C(O)CCSCC(=O)NC(CCc1ccccc1C(=O)O)c1cccc(/C=C/c2ccc3ccc(Cl)cc3n2)c1. The minimum absolute atomic E-state index is 0.0131. The molecule has 0 bridgehead atoms. The molecule has 1 aromatic heterocycles. The summed E-state index contributed by atoms with van der Waals surface area (Å²) in [5.74, 6) is -1.63. The van der Waals surface area contributed by atoms with Gasteiger partial charge >= 0.3 is 11.9 Å². The zero-order chi connectivity index (χ0) is 29.2. The molecule has 1 amide bonds. The zero-order valence-electron chi connectivity index (χ0n) is 22.1. The Bertz CT molecular complexity index is 1590. The molecule has 7 nitrogen and oxygen atoms in total. The lowest BCUT2D eigenvalue weighted by Gasteiger charge is -2.20. The number of aryl methyl sites for hydroxylation is 1. The number of carbonyl (C=O) groups is 3. The van der Waals surface area contributed by atoms with E-state index in [9.17, 15) is 19.5 Å². The average Bonchev–Trinajstić information content (AvgIpc) is 2.96. The van der Waals surface area contributed by atoms with Crippen LogP contribution in [0.1, 0.15) is 51.6 Å². The highest BCUT2D eigenvalue weighted by Gasteiger charge is 2.17. The summed E-state index contributed by atoms with van der Waals surface area (Å²) in [6, 6.07) is 23.8. The first-order valence-corrected chi connectivity index (χ1v) is 14.6. The Hall–Kier alpha value is -4.14. The first-order valence-electron chi connectivity index (χ1n) is 13.0. The van der Waals surface area contributed by atoms with Crippen LogP contribution < -0.4 is 5.32 Å². The summed E-state index contributed by atoms with van der Waals surface area (Å²) in [5, 5.41) is 23.1. The number of amides is 1. The molecule has 0 aliphatic heterocycles. The van der Waals surface area contributed by atoms with Crippen molar-refractivity contribution in [2.24, 2.45) is 0 Å². The molecule has 1 unspecified atom stereocenters. The van der Waals surface area contributed by atoms with Crippen LogP contribution in [0.3, 0.4) is 0 Å². The molecular formula is C32H29ClN2O5S. The predicted molar refractivity (Wildman–Crippen MR) is 164 cm³/mol. The van der Waals surface area contributed by atoms with Gasteiger partial charge in [-0.1, -0.05) is 66.2 Å². The third kappa shape index (κ3) is 8.93. The number of carboxylic acids is 2. The number of halogens is 1. The van der Waals surface area contributed by atoms with Gasteiger partial charge in [0, 0.05) is 16.2 Å². The first kappa shape index (κ1) is 29.8. The summed E-state index contributed by atoms with van der Waals surface area (Å²) in [7, 11) is 0. The largest absolute Gasteiger partial charge is 0.481 e. The molecule has 210 valence electrons. The number of aliphatic carboxylic acids is 1. The molecule has 0 radical (unpaired) electrons. The second-order valence-electron chi connectivity index (χ2n) is 9.39. The van der Waals surface area contributed by atoms with E-state index in [1.54, 1.807) is 24.3 Å². The topological polar surface area (TPSA) is 117 Å². The molecule has 41 heavy (non-hydrogen) atoms. The molecule has 0 fully saturated rings. The number of aromatic nitrogens is 1. The fourth-order valence-electron chi connectivity index (χ4n) is 4.39. The predicted octanol–water partition coefficient (Wildman–Crippen LogP) is 6.75. The van der Waals surface area contributed by atoms with E-state index in [1.807, 2.05) is 66.7 Å². The van der Waals surface area contributed by atoms with E-state index < -0.39 is 11.9 Å². The number of aromatic carboxylic acids is 1. The maximum atomic E-state index is 12.8. The minimum Gasteiger partial charge on any atom is -0.481 e. The van der Waals surface area contributed by atoms with E-state index in [1.165, 1.54) is 11.8 Å². The summed E-state index contributed by atoms with van der Waals surface area (Å²) >= 11 is 7.38. The summed E-state index contributed by atoms with van der Waals surface area (Å²) in [6.45, 7) is 0. The summed E-state index contributed by atoms with van der Waals surface area (Å²) in [4.78, 5) is 39.9. The van der Waals surface area contributed by atoms with Crippen LogP contribution in [-0.4, -0.2) is 44.5 Å². The van der Waals surface area contributed by atoms with Crippen molar-refractivity contribution in [1.29, 1.82) is 0 Å². The smallest absolute Gasteiger partial charge is 0.335 e. The monoisotopic (exact) mass is 588 g/mol. The second kappa shape index (κ2) is 14.5. The molecule has 4 rings (SSSR count). The van der Waals surface area contributed by atoms with Crippen molar-refractivity contribution in [2.75, 3.05) is 11.5 Å². The van der Waals surface area contributed by atoms with Gasteiger partial charge in [0.25, 0.3) is 0 Å². The molecule has 1 heterocycles. The normalized spacial score (nSPS) is 11.9. The van der Waals surface area contributed by atoms with Crippen molar-refractivity contribution in [2.45, 2.75) is 25.3 Å². The second-order valence-corrected chi connectivity index (χ2v) is 10.9. The van der Waals surface area contributed by atoms with E-state index in [4.69, 9.17) is 16.7 Å². The van der Waals surface area contributed by atoms with Gasteiger partial charge in [-0.25, -0.2) is 9.78 Å². The fraction of sp³-hybridized carbons (Fsp3) is 0.188. The van der Waals surface area contributed by atoms with E-state index in [2.05, 4.69) is 10.3 Å². The highest BCUT2D eigenvalue weighted by Crippen LogP contribution is 2.24. The van der Waals surface area contributed by atoms with Crippen LogP contribution in [0, 0.1) is 0 Å². The molecule has 9 heteroatoms. The molecule has 3 aromatic carbocycles. The van der Waals surface area contributed by atoms with Crippen LogP contribution >= 0.6 is 23.4 Å². The molecule has 3 N–H and O–H groups in total. The molecule has 4 aromatic rings. The van der Waals surface area contributed by atoms with Crippen LogP contribution in [-0.2, 0) is 16.0 Å². The standard InChI is InChI=1S/C32H29ClN2O5S/c33-25-12-9-23-10-14-26(34-29(23)19-25)13-8-21-4-3-6-24(18-21)28(35-30(36)20-41-17-16-31(37)38)15-11-22-5-1-2-7-27(22)32(39)40/h1-10,12-14,18-19,28H,11,15-17,20H2,(H,35,36)(H,37,38)(H,39,40)/b13-8+. The van der Waals surface area contributed by atoms with Gasteiger partial charge < -0.3 is 15.5 Å². The van der Waals surface area contributed by atoms with Gasteiger partial charge in [0.1, 0.15) is 0 Å². The quantitative estimate of drug-likeness (QED) is 0.148. The van der Waals surface area contributed by atoms with Gasteiger partial charge in [0.15, 0.2) is 0 Å². The summed E-state index contributed by atoms with van der Waals surface area (Å²) in [6.07, 6.45) is 4.78. The van der Waals surface area contributed by atoms with Gasteiger partial charge in [-0.3, -0.25) is 9.59 Å². The van der Waals surface area contributed by atoms with Crippen molar-refractivity contribution in [1.82, 2.24) is 10.3 Å². The number of carbonyl (C=O) groups excluding carboxylic acids is 1. The van der Waals surface area contributed by atoms with Gasteiger partial charge in [0.2, 0.25) is 5.91 Å². The number of hydrogen-bond donors (Lipinski definition) is 3. The lowest BCUT2D eigenvalue weighted by atomic mass is 9.95. The summed E-state index contributed by atoms with van der Waals surface area (Å²) < 4.78 is 0. The zero-order valence-corrected chi connectivity index (χ0v) is 23.7. The van der Waals surface area contributed by atoms with Gasteiger partial charge in [-0.05, 0) is 65.9 Å². The van der Waals surface area contributed by atoms with Crippen molar-refractivity contribution >= 4 is 64.3 Å². The minimum atomic E-state index is -0.993. The number of hydrogen-bond acceptors (Lipinski definition) is 5. The van der Waals surface area contributed by atoms with E-state index >= 15 is 0 Å². The lowest BCUT2D eigenvalue weighted by molar-refractivity contribution is -0.136. The summed E-state index contributed by atoms with van der Waals surface area (Å²) in [5.41, 5.74) is 4.30. The highest BCUT2D eigenvalue weighted by atomic mass is 35.5. The fourth-order valence-corrected chi connectivity index (χ4v) is 5.29. The Labute approximate surface area is 247 Å². The number of carboxylic acid groups (broad SMARTS) is 2. The van der Waals surface area contributed by atoms with Gasteiger partial charge in [-0.2, -0.15) is 11.8 Å². The Kier molecular flexibility index (Phi) is 10.5. The Balaban J connectivity index is 1.53. The van der Waals surface area contributed by atoms with Gasteiger partial charge in [0.05, 0.1) is 35.0 Å². The Morgan fingerprint density at radius 1 is 0.951 bits per heavy atom. The van der Waals surface area contributed by atoms with E-state index in [-0.39, 0.29) is 29.7 Å². The van der Waals surface area contributed by atoms with Crippen LogP contribution in [0.25, 0.3) is 23.1 Å². The van der Waals surface area contributed by atoms with Crippen LogP contribution in [0.15, 0.2) is 78.9 Å². The Morgan fingerprint density at radius 3 is 2.56 bits per heavy atom. The molecule has 1 atom stereocenters. The van der Waals surface area contributed by atoms with Crippen LogP contribution in [0.4, 0.5) is 0 Å². The van der Waals surface area contributed by atoms with Crippen molar-refractivity contribution in [3.63, 3.8) is 0 Å². The number of pyridine rings is 1. The number of nitrogens with zero attached hydrogens (tertiary/aromatic N) is 1. The average molecular weight is 589 g/mol. The van der Waals surface area contributed by atoms with Crippen molar-refractivity contribution < 1.29 is 24.6 Å². The molecule has 0 aliphatic rings. The molecule has 0 spiro atoms. The molecule has 0 saturated heterocycles. The molecular weight excluding hydrogens is 560 g/mol. The number of rotatable bonds is 13. The third-order valence-corrected chi connectivity index (χ3v) is 7.61. The number of benzene rings is 3. The number of nitrogens with one attached hydrogen (secondary N) is 1. The van der Waals surface area contributed by atoms with E-state index in [0.29, 0.717) is 29.2 Å². The lowest BCUT2D eigenvalue weighted by Crippen LogP contribution is -2.30. The molecule has 0 aliphatic carbocycles. The van der Waals surface area contributed by atoms with E-state index in [0.717, 1.165) is 27.7 Å². The maximum Gasteiger partial charge on any atom is 0.335 e. The van der Waals surface area contributed by atoms with Gasteiger partial charge in [-0.15, -0.1) is 0 Å². The first-order chi connectivity index (χ1) is 19.8. The highest BCUT2D eigenvalue weighted by molar-refractivity contribution is 7.99. The number of thioether (sulfide) groups is 1. The molecule has 0 saturated carbocycles. The van der Waals surface area contributed by atoms with Crippen molar-refractivity contribution in [3.05, 3.63) is 112 Å². The van der Waals surface area contributed by atoms with Crippen LogP contribution in [0.2, 0.25) is 5.02 Å². The van der Waals surface area contributed by atoms with Crippen molar-refractivity contribution in [3.8, 4) is 0 Å². The number of fused-ring (bicyclic) bond motifs is 1.